The second kappa shape index (κ2) is 2.63. The summed E-state index contributed by atoms with van der Waals surface area (Å²) >= 11 is 0. The van der Waals surface area contributed by atoms with Crippen molar-refractivity contribution in [3.63, 3.8) is 0 Å². The van der Waals surface area contributed by atoms with Crippen molar-refractivity contribution >= 4 is 0 Å². The molecule has 0 aromatic rings. The summed E-state index contributed by atoms with van der Waals surface area (Å²) in [4.78, 5) is 0. The van der Waals surface area contributed by atoms with Crippen LogP contribution in [-0.4, -0.2) is 12.2 Å². The molecule has 1 heteroatoms. The molecule has 0 radical (unpaired) electrons. The number of rotatable bonds is 1. The van der Waals surface area contributed by atoms with Crippen molar-refractivity contribution in [3.8, 4) is 0 Å². The zero-order valence-electron chi connectivity index (χ0n) is 7.34. The predicted octanol–water partition coefficient (Wildman–Crippen LogP) is 2.52. The number of hydrogen-bond donors (Lipinski definition) is 0. The standard InChI is InChI=1S/C10H16O/c1-7(2)8-5-9-3-4-10(6-8)11-9/h5,7,9-10H,3-4,6H2,1-2H3. The highest BCUT2D eigenvalue weighted by atomic mass is 16.5. The molecule has 2 rings (SSSR count). The summed E-state index contributed by atoms with van der Waals surface area (Å²) in [5.41, 5.74) is 1.61. The average molecular weight is 152 g/mol. The molecule has 1 nitrogen and oxygen atoms in total. The van der Waals surface area contributed by atoms with Crippen LogP contribution in [-0.2, 0) is 4.74 Å². The summed E-state index contributed by atoms with van der Waals surface area (Å²) in [5.74, 6) is 0.724. The zero-order valence-corrected chi connectivity index (χ0v) is 7.34. The van der Waals surface area contributed by atoms with Crippen molar-refractivity contribution in [2.45, 2.75) is 45.3 Å². The van der Waals surface area contributed by atoms with Crippen LogP contribution in [0.4, 0.5) is 0 Å². The summed E-state index contributed by atoms with van der Waals surface area (Å²) in [7, 11) is 0. The maximum atomic E-state index is 5.70. The number of hydrogen-bond acceptors (Lipinski definition) is 1. The van der Waals surface area contributed by atoms with Gasteiger partial charge in [0, 0.05) is 0 Å². The summed E-state index contributed by atoms with van der Waals surface area (Å²) in [6, 6.07) is 0. The van der Waals surface area contributed by atoms with Gasteiger partial charge in [-0.1, -0.05) is 25.5 Å². The molecule has 0 N–H and O–H groups in total. The Morgan fingerprint density at radius 1 is 1.45 bits per heavy atom. The molecule has 2 aliphatic heterocycles. The molecule has 0 aromatic carbocycles. The minimum Gasteiger partial charge on any atom is -0.371 e. The van der Waals surface area contributed by atoms with Gasteiger partial charge in [0.05, 0.1) is 12.2 Å². The van der Waals surface area contributed by atoms with Crippen molar-refractivity contribution in [1.29, 1.82) is 0 Å². The fourth-order valence-electron chi connectivity index (χ4n) is 2.00. The van der Waals surface area contributed by atoms with Crippen LogP contribution in [0.2, 0.25) is 0 Å². The largest absolute Gasteiger partial charge is 0.371 e. The molecule has 1 fully saturated rings. The molecule has 0 aromatic heterocycles. The van der Waals surface area contributed by atoms with Gasteiger partial charge in [-0.15, -0.1) is 0 Å². The lowest BCUT2D eigenvalue weighted by molar-refractivity contribution is 0.0583. The summed E-state index contributed by atoms with van der Waals surface area (Å²) in [5, 5.41) is 0. The monoisotopic (exact) mass is 152 g/mol. The van der Waals surface area contributed by atoms with Crippen LogP contribution < -0.4 is 0 Å². The van der Waals surface area contributed by atoms with Crippen LogP contribution in [0.3, 0.4) is 0 Å². The summed E-state index contributed by atoms with van der Waals surface area (Å²) in [6.07, 6.45) is 7.08. The first-order valence-corrected chi connectivity index (χ1v) is 4.62. The first kappa shape index (κ1) is 7.35. The first-order chi connectivity index (χ1) is 5.25. The first-order valence-electron chi connectivity index (χ1n) is 4.62. The topological polar surface area (TPSA) is 9.23 Å². The molecular formula is C10H16O. The molecule has 0 spiro atoms. The average Bonchev–Trinajstić information content (AvgIpc) is 2.30. The van der Waals surface area contributed by atoms with Gasteiger partial charge < -0.3 is 4.74 Å². The fourth-order valence-corrected chi connectivity index (χ4v) is 2.00. The Bertz CT molecular complexity index is 181. The van der Waals surface area contributed by atoms with Gasteiger partial charge in [0.1, 0.15) is 0 Å². The molecule has 2 unspecified atom stereocenters. The van der Waals surface area contributed by atoms with Gasteiger partial charge in [-0.25, -0.2) is 0 Å². The highest BCUT2D eigenvalue weighted by molar-refractivity contribution is 5.14. The highest BCUT2D eigenvalue weighted by Gasteiger charge is 2.29. The van der Waals surface area contributed by atoms with E-state index in [1.807, 2.05) is 0 Å². The maximum absolute atomic E-state index is 5.70. The lowest BCUT2D eigenvalue weighted by atomic mass is 9.96. The molecular weight excluding hydrogens is 136 g/mol. The Kier molecular flexibility index (Phi) is 1.76. The highest BCUT2D eigenvalue weighted by Crippen LogP contribution is 2.34. The second-order valence-corrected chi connectivity index (χ2v) is 3.97. The van der Waals surface area contributed by atoms with E-state index < -0.39 is 0 Å². The molecule has 2 bridgehead atoms. The van der Waals surface area contributed by atoms with Gasteiger partial charge >= 0.3 is 0 Å². The van der Waals surface area contributed by atoms with Gasteiger partial charge in [0.15, 0.2) is 0 Å². The van der Waals surface area contributed by atoms with Crippen molar-refractivity contribution < 1.29 is 4.74 Å². The van der Waals surface area contributed by atoms with Crippen LogP contribution >= 0.6 is 0 Å². The molecule has 2 atom stereocenters. The van der Waals surface area contributed by atoms with Crippen LogP contribution in [0.25, 0.3) is 0 Å². The van der Waals surface area contributed by atoms with Crippen LogP contribution in [0.1, 0.15) is 33.1 Å². The summed E-state index contributed by atoms with van der Waals surface area (Å²) < 4.78 is 5.70. The van der Waals surface area contributed by atoms with Gasteiger partial charge in [-0.3, -0.25) is 0 Å². The van der Waals surface area contributed by atoms with E-state index in [0.717, 1.165) is 5.92 Å². The Labute approximate surface area is 68.4 Å². The predicted molar refractivity (Wildman–Crippen MR) is 45.4 cm³/mol. The third-order valence-corrected chi connectivity index (χ3v) is 2.75. The van der Waals surface area contributed by atoms with Crippen molar-refractivity contribution in [3.05, 3.63) is 11.6 Å². The number of ether oxygens (including phenoxy) is 1. The van der Waals surface area contributed by atoms with E-state index in [2.05, 4.69) is 19.9 Å². The zero-order chi connectivity index (χ0) is 7.84. The minimum atomic E-state index is 0.464. The normalized spacial score (nSPS) is 36.1. The molecule has 62 valence electrons. The van der Waals surface area contributed by atoms with Crippen molar-refractivity contribution in [2.75, 3.05) is 0 Å². The molecule has 11 heavy (non-hydrogen) atoms. The molecule has 0 aliphatic carbocycles. The SMILES string of the molecule is CC(C)C1=CC2CCC(C1)O2. The third-order valence-electron chi connectivity index (χ3n) is 2.75. The Morgan fingerprint density at radius 2 is 2.27 bits per heavy atom. The molecule has 0 amide bonds. The molecule has 1 saturated heterocycles. The van der Waals surface area contributed by atoms with Crippen LogP contribution in [0.15, 0.2) is 11.6 Å². The Balaban J connectivity index is 2.13. The minimum absolute atomic E-state index is 0.464. The van der Waals surface area contributed by atoms with E-state index in [-0.39, 0.29) is 0 Å². The van der Waals surface area contributed by atoms with E-state index in [9.17, 15) is 0 Å². The van der Waals surface area contributed by atoms with E-state index in [4.69, 9.17) is 4.74 Å². The Hall–Kier alpha value is -0.300. The van der Waals surface area contributed by atoms with E-state index >= 15 is 0 Å². The van der Waals surface area contributed by atoms with Gasteiger partial charge in [0.25, 0.3) is 0 Å². The molecule has 2 heterocycles. The number of fused-ring (bicyclic) bond motifs is 2. The van der Waals surface area contributed by atoms with Gasteiger partial charge in [-0.05, 0) is 25.2 Å². The van der Waals surface area contributed by atoms with E-state index in [1.54, 1.807) is 5.57 Å². The van der Waals surface area contributed by atoms with E-state index in [1.165, 1.54) is 19.3 Å². The summed E-state index contributed by atoms with van der Waals surface area (Å²) in [6.45, 7) is 4.55. The van der Waals surface area contributed by atoms with Gasteiger partial charge in [0.2, 0.25) is 0 Å². The quantitative estimate of drug-likeness (QED) is 0.525. The van der Waals surface area contributed by atoms with Crippen molar-refractivity contribution in [1.82, 2.24) is 0 Å². The molecule has 0 saturated carbocycles. The fraction of sp³-hybridized carbons (Fsp3) is 0.800. The van der Waals surface area contributed by atoms with Crippen molar-refractivity contribution in [2.24, 2.45) is 5.92 Å². The van der Waals surface area contributed by atoms with Crippen LogP contribution in [0, 0.1) is 5.92 Å². The third kappa shape index (κ3) is 1.34. The smallest absolute Gasteiger partial charge is 0.0763 e. The van der Waals surface area contributed by atoms with Gasteiger partial charge in [-0.2, -0.15) is 0 Å². The molecule has 2 aliphatic rings. The lowest BCUT2D eigenvalue weighted by Crippen LogP contribution is -2.18. The van der Waals surface area contributed by atoms with E-state index in [0.29, 0.717) is 12.2 Å². The lowest BCUT2D eigenvalue weighted by Gasteiger charge is -2.22. The van der Waals surface area contributed by atoms with Crippen LogP contribution in [0.5, 0.6) is 0 Å². The Morgan fingerprint density at radius 3 is 2.91 bits per heavy atom. The second-order valence-electron chi connectivity index (χ2n) is 3.97. The maximum Gasteiger partial charge on any atom is 0.0763 e.